The third-order valence-corrected chi connectivity index (χ3v) is 1.82. The van der Waals surface area contributed by atoms with Gasteiger partial charge in [-0.1, -0.05) is 12.5 Å². The fourth-order valence-corrected chi connectivity index (χ4v) is 1.21. The molecule has 0 amide bonds. The van der Waals surface area contributed by atoms with Gasteiger partial charge in [-0.2, -0.15) is 0 Å². The van der Waals surface area contributed by atoms with Crippen LogP contribution in [-0.4, -0.2) is 11.1 Å². The molecular weight excluding hydrogens is 193 g/mol. The minimum absolute atomic E-state index is 0. The minimum Gasteiger partial charge on any atom is -0.478 e. The molecule has 1 N–H and O–H groups in total. The van der Waals surface area contributed by atoms with Crippen LogP contribution in [0.4, 0.5) is 0 Å². The Balaban J connectivity index is 0.000001000. The molecule has 0 heterocycles. The van der Waals surface area contributed by atoms with E-state index in [1.54, 1.807) is 0 Å². The van der Waals surface area contributed by atoms with Gasteiger partial charge in [-0.25, -0.2) is 4.79 Å². The van der Waals surface area contributed by atoms with Gasteiger partial charge in [0.15, 0.2) is 0 Å². The number of rotatable bonds is 1. The number of carboxylic acid groups (broad SMARTS) is 1. The van der Waals surface area contributed by atoms with Gasteiger partial charge in [-0.3, -0.25) is 0 Å². The minimum atomic E-state index is -0.734. The largest absolute Gasteiger partial charge is 0.478 e. The van der Waals surface area contributed by atoms with Gasteiger partial charge in [-0.15, -0.1) is 0 Å². The van der Waals surface area contributed by atoms with Crippen LogP contribution in [0, 0.1) is 0 Å². The van der Waals surface area contributed by atoms with E-state index in [-0.39, 0.29) is 19.5 Å². The van der Waals surface area contributed by atoms with Gasteiger partial charge in [0.25, 0.3) is 0 Å². The number of carboxylic acids is 1. The first-order valence-corrected chi connectivity index (χ1v) is 3.73. The second-order valence-corrected chi connectivity index (χ2v) is 2.63. The Labute approximate surface area is 79.4 Å². The van der Waals surface area contributed by atoms with Crippen LogP contribution in [-0.2, 0) is 24.3 Å². The summed E-state index contributed by atoms with van der Waals surface area (Å²) in [6.07, 6.45) is 6.93. The van der Waals surface area contributed by atoms with Gasteiger partial charge in [0.1, 0.15) is 0 Å². The Hall–Kier alpha value is -0.167. The van der Waals surface area contributed by atoms with Crippen molar-refractivity contribution in [1.82, 2.24) is 0 Å². The third kappa shape index (κ3) is 3.66. The van der Waals surface area contributed by atoms with Crippen molar-refractivity contribution in [3.8, 4) is 0 Å². The number of carbonyl (C=O) groups is 1. The van der Waals surface area contributed by atoms with Gasteiger partial charge >= 0.3 is 5.97 Å². The molecule has 0 radical (unpaired) electrons. The second kappa shape index (κ2) is 5.48. The van der Waals surface area contributed by atoms with E-state index in [1.165, 1.54) is 6.42 Å². The van der Waals surface area contributed by atoms with E-state index in [2.05, 4.69) is 0 Å². The third-order valence-electron chi connectivity index (χ3n) is 1.82. The fourth-order valence-electron chi connectivity index (χ4n) is 1.21. The first-order valence-electron chi connectivity index (χ1n) is 3.73. The molecule has 1 rings (SSSR count). The molecule has 1 aliphatic carbocycles. The zero-order valence-corrected chi connectivity index (χ0v) is 9.64. The molecule has 0 aliphatic heterocycles. The van der Waals surface area contributed by atoms with Gasteiger partial charge in [0.05, 0.1) is 0 Å². The molecular formula is C8H12O2Zn. The summed E-state index contributed by atoms with van der Waals surface area (Å²) < 4.78 is 0. The standard InChI is InChI=1S/C8H12O2.Zn/c9-8(10)7-5-3-1-2-4-6-7;/h5H,1-4,6H2,(H,9,10);. The Morgan fingerprint density at radius 2 is 2.09 bits per heavy atom. The van der Waals surface area contributed by atoms with Crippen LogP contribution >= 0.6 is 0 Å². The molecule has 0 aromatic heterocycles. The smallest absolute Gasteiger partial charge is 0.331 e. The van der Waals surface area contributed by atoms with Crippen molar-refractivity contribution in [2.24, 2.45) is 0 Å². The van der Waals surface area contributed by atoms with Crippen LogP contribution in [0.15, 0.2) is 11.6 Å². The Bertz CT molecular complexity index is 163. The molecule has 2 nitrogen and oxygen atoms in total. The van der Waals surface area contributed by atoms with E-state index in [1.807, 2.05) is 6.08 Å². The van der Waals surface area contributed by atoms with Crippen molar-refractivity contribution < 1.29 is 29.4 Å². The average Bonchev–Trinajstić information content (AvgIpc) is 2.12. The molecule has 0 spiro atoms. The maximum absolute atomic E-state index is 10.4. The summed E-state index contributed by atoms with van der Waals surface area (Å²) in [6, 6.07) is 0. The topological polar surface area (TPSA) is 37.3 Å². The van der Waals surface area contributed by atoms with E-state index < -0.39 is 5.97 Å². The molecule has 11 heavy (non-hydrogen) atoms. The van der Waals surface area contributed by atoms with E-state index in [0.717, 1.165) is 25.7 Å². The average molecular weight is 206 g/mol. The van der Waals surface area contributed by atoms with E-state index in [9.17, 15) is 4.79 Å². The first kappa shape index (κ1) is 10.8. The van der Waals surface area contributed by atoms with Gasteiger partial charge in [0.2, 0.25) is 0 Å². The second-order valence-electron chi connectivity index (χ2n) is 2.63. The number of hydrogen-bond donors (Lipinski definition) is 1. The van der Waals surface area contributed by atoms with E-state index in [0.29, 0.717) is 5.57 Å². The van der Waals surface area contributed by atoms with Gasteiger partial charge < -0.3 is 5.11 Å². The molecule has 0 unspecified atom stereocenters. The summed E-state index contributed by atoms with van der Waals surface area (Å²) in [4.78, 5) is 10.4. The normalized spacial score (nSPS) is 17.6. The molecule has 0 atom stereocenters. The van der Waals surface area contributed by atoms with Gasteiger partial charge in [0, 0.05) is 25.1 Å². The van der Waals surface area contributed by atoms with Crippen LogP contribution in [0.25, 0.3) is 0 Å². The summed E-state index contributed by atoms with van der Waals surface area (Å²) in [6.45, 7) is 0. The summed E-state index contributed by atoms with van der Waals surface area (Å²) in [5, 5.41) is 8.59. The Kier molecular flexibility index (Phi) is 5.40. The van der Waals surface area contributed by atoms with Crippen molar-refractivity contribution in [2.75, 3.05) is 0 Å². The monoisotopic (exact) mass is 204 g/mol. The molecule has 0 aromatic carbocycles. The number of aliphatic carboxylic acids is 1. The molecule has 58 valence electrons. The van der Waals surface area contributed by atoms with Crippen LogP contribution in [0.2, 0.25) is 0 Å². The molecule has 0 saturated heterocycles. The molecule has 3 heteroatoms. The summed E-state index contributed by atoms with van der Waals surface area (Å²) >= 11 is 0. The van der Waals surface area contributed by atoms with E-state index >= 15 is 0 Å². The van der Waals surface area contributed by atoms with Crippen LogP contribution in [0.3, 0.4) is 0 Å². The molecule has 1 aliphatic rings. The Morgan fingerprint density at radius 3 is 2.73 bits per heavy atom. The van der Waals surface area contributed by atoms with Crippen molar-refractivity contribution in [3.05, 3.63) is 11.6 Å². The summed E-state index contributed by atoms with van der Waals surface area (Å²) in [7, 11) is 0. The van der Waals surface area contributed by atoms with Crippen LogP contribution < -0.4 is 0 Å². The zero-order valence-electron chi connectivity index (χ0n) is 6.68. The predicted molar refractivity (Wildman–Crippen MR) is 38.8 cm³/mol. The number of allylic oxidation sites excluding steroid dienone is 1. The van der Waals surface area contributed by atoms with E-state index in [4.69, 9.17) is 5.11 Å². The maximum atomic E-state index is 10.4. The summed E-state index contributed by atoms with van der Waals surface area (Å²) in [5.74, 6) is -0.734. The van der Waals surface area contributed by atoms with Crippen LogP contribution in [0.5, 0.6) is 0 Å². The zero-order chi connectivity index (χ0) is 7.40. The molecule has 0 fully saturated rings. The quantitative estimate of drug-likeness (QED) is 0.665. The predicted octanol–water partition coefficient (Wildman–Crippen LogP) is 1.96. The first-order chi connectivity index (χ1) is 4.80. The van der Waals surface area contributed by atoms with Gasteiger partial charge in [-0.05, 0) is 25.7 Å². The molecule has 0 aromatic rings. The van der Waals surface area contributed by atoms with Crippen molar-refractivity contribution in [2.45, 2.75) is 32.1 Å². The fraction of sp³-hybridized carbons (Fsp3) is 0.625. The van der Waals surface area contributed by atoms with Crippen molar-refractivity contribution >= 4 is 5.97 Å². The van der Waals surface area contributed by atoms with Crippen LogP contribution in [0.1, 0.15) is 32.1 Å². The summed E-state index contributed by atoms with van der Waals surface area (Å²) in [5.41, 5.74) is 0.609. The number of hydrogen-bond acceptors (Lipinski definition) is 1. The SMILES string of the molecule is O=C(O)C1=CCCCCC1.[Zn]. The van der Waals surface area contributed by atoms with Crippen molar-refractivity contribution in [1.29, 1.82) is 0 Å². The van der Waals surface area contributed by atoms with Crippen molar-refractivity contribution in [3.63, 3.8) is 0 Å². The Morgan fingerprint density at radius 1 is 1.36 bits per heavy atom. The molecule has 0 bridgehead atoms. The molecule has 0 saturated carbocycles. The maximum Gasteiger partial charge on any atom is 0.331 e.